The van der Waals surface area contributed by atoms with Gasteiger partial charge in [-0.3, -0.25) is 10.1 Å². The number of rotatable bonds is 5. The van der Waals surface area contributed by atoms with E-state index in [1.165, 1.54) is 24.3 Å². The van der Waals surface area contributed by atoms with Gasteiger partial charge in [0.2, 0.25) is 11.7 Å². The molecule has 1 aromatic heterocycles. The molecule has 162 valence electrons. The van der Waals surface area contributed by atoms with Gasteiger partial charge in [-0.2, -0.15) is 4.98 Å². The molecule has 1 aliphatic rings. The van der Waals surface area contributed by atoms with Crippen LogP contribution in [0.1, 0.15) is 24.7 Å². The number of nitro groups is 1. The van der Waals surface area contributed by atoms with Gasteiger partial charge in [0.05, 0.1) is 21.4 Å². The van der Waals surface area contributed by atoms with Crippen molar-refractivity contribution in [2.24, 2.45) is 0 Å². The van der Waals surface area contributed by atoms with Crippen molar-refractivity contribution < 1.29 is 22.3 Å². The predicted molar refractivity (Wildman–Crippen MR) is 110 cm³/mol. The third-order valence-corrected chi connectivity index (χ3v) is 6.34. The number of piperidine rings is 1. The van der Waals surface area contributed by atoms with Crippen LogP contribution >= 0.6 is 0 Å². The molecular formula is C20H19FN4O5S. The zero-order valence-corrected chi connectivity index (χ0v) is 17.4. The van der Waals surface area contributed by atoms with E-state index in [0.717, 1.165) is 25.2 Å². The Hall–Kier alpha value is -3.34. The Labute approximate surface area is 177 Å². The minimum atomic E-state index is -3.68. The maximum Gasteiger partial charge on any atom is 0.270 e. The van der Waals surface area contributed by atoms with Gasteiger partial charge >= 0.3 is 0 Å². The van der Waals surface area contributed by atoms with Crippen LogP contribution in [0.2, 0.25) is 0 Å². The van der Waals surface area contributed by atoms with Gasteiger partial charge in [0, 0.05) is 37.0 Å². The van der Waals surface area contributed by atoms with Crippen molar-refractivity contribution in [3.05, 3.63) is 64.3 Å². The van der Waals surface area contributed by atoms with Crippen molar-refractivity contribution >= 4 is 21.2 Å². The summed E-state index contributed by atoms with van der Waals surface area (Å²) >= 11 is 0. The maximum absolute atomic E-state index is 13.1. The Morgan fingerprint density at radius 2 is 1.97 bits per heavy atom. The van der Waals surface area contributed by atoms with Crippen molar-refractivity contribution in [1.29, 1.82) is 0 Å². The molecule has 1 saturated heterocycles. The second-order valence-corrected chi connectivity index (χ2v) is 9.41. The molecule has 0 bridgehead atoms. The molecule has 0 radical (unpaired) electrons. The summed E-state index contributed by atoms with van der Waals surface area (Å²) in [5.74, 6) is 0.254. The zero-order valence-electron chi connectivity index (χ0n) is 16.6. The van der Waals surface area contributed by atoms with Crippen LogP contribution in [0.25, 0.3) is 11.4 Å². The average molecular weight is 446 g/mol. The van der Waals surface area contributed by atoms with Gasteiger partial charge in [0.15, 0.2) is 9.84 Å². The Balaban J connectivity index is 1.61. The highest BCUT2D eigenvalue weighted by molar-refractivity contribution is 7.90. The SMILES string of the molecule is CS(=O)(=O)c1cc([N+](=O)[O-])ccc1N1CCCC(c2nc(-c3ccc(F)cc3)no2)C1. The second kappa shape index (κ2) is 8.06. The number of nitro benzene ring substituents is 1. The quantitative estimate of drug-likeness (QED) is 0.431. The van der Waals surface area contributed by atoms with Crippen LogP contribution in [0.4, 0.5) is 15.8 Å². The van der Waals surface area contributed by atoms with Crippen LogP contribution in [0, 0.1) is 15.9 Å². The molecule has 3 aromatic rings. The van der Waals surface area contributed by atoms with E-state index in [0.29, 0.717) is 36.1 Å². The lowest BCUT2D eigenvalue weighted by Crippen LogP contribution is -2.35. The summed E-state index contributed by atoms with van der Waals surface area (Å²) in [7, 11) is -3.68. The van der Waals surface area contributed by atoms with Crippen LogP contribution in [-0.2, 0) is 9.84 Å². The van der Waals surface area contributed by atoms with Crippen molar-refractivity contribution in [2.75, 3.05) is 24.2 Å². The number of sulfone groups is 1. The van der Waals surface area contributed by atoms with Gasteiger partial charge in [0.25, 0.3) is 5.69 Å². The first-order valence-corrected chi connectivity index (χ1v) is 11.4. The van der Waals surface area contributed by atoms with Crippen LogP contribution < -0.4 is 4.90 Å². The topological polar surface area (TPSA) is 119 Å². The van der Waals surface area contributed by atoms with Crippen molar-refractivity contribution in [1.82, 2.24) is 10.1 Å². The number of aromatic nitrogens is 2. The van der Waals surface area contributed by atoms with Crippen molar-refractivity contribution in [2.45, 2.75) is 23.7 Å². The van der Waals surface area contributed by atoms with E-state index in [4.69, 9.17) is 4.52 Å². The normalized spacial score (nSPS) is 17.0. The molecule has 0 N–H and O–H groups in total. The van der Waals surface area contributed by atoms with E-state index >= 15 is 0 Å². The van der Waals surface area contributed by atoms with E-state index in [1.54, 1.807) is 12.1 Å². The number of halogens is 1. The Morgan fingerprint density at radius 1 is 1.23 bits per heavy atom. The minimum absolute atomic E-state index is 0.0834. The number of non-ortho nitro benzene ring substituents is 1. The molecule has 4 rings (SSSR count). The van der Waals surface area contributed by atoms with E-state index < -0.39 is 14.8 Å². The van der Waals surface area contributed by atoms with Gasteiger partial charge in [0.1, 0.15) is 5.82 Å². The largest absolute Gasteiger partial charge is 0.370 e. The standard InChI is InChI=1S/C20H19FN4O5S/c1-31(28,29)18-11-16(25(26)27)8-9-17(18)24-10-2-3-14(12-24)20-22-19(23-30-20)13-4-6-15(21)7-5-13/h4-9,11,14H,2-3,10,12H2,1H3. The highest BCUT2D eigenvalue weighted by Gasteiger charge is 2.30. The summed E-state index contributed by atoms with van der Waals surface area (Å²) in [6.45, 7) is 1.02. The summed E-state index contributed by atoms with van der Waals surface area (Å²) < 4.78 is 43.2. The van der Waals surface area contributed by atoms with Gasteiger partial charge < -0.3 is 9.42 Å². The van der Waals surface area contributed by atoms with E-state index in [9.17, 15) is 22.9 Å². The number of hydrogen-bond acceptors (Lipinski definition) is 8. The lowest BCUT2D eigenvalue weighted by Gasteiger charge is -2.33. The highest BCUT2D eigenvalue weighted by atomic mass is 32.2. The number of benzene rings is 2. The van der Waals surface area contributed by atoms with Gasteiger partial charge in [-0.05, 0) is 43.2 Å². The monoisotopic (exact) mass is 446 g/mol. The molecule has 1 atom stereocenters. The number of hydrogen-bond donors (Lipinski definition) is 0. The fourth-order valence-corrected chi connectivity index (χ4v) is 4.60. The molecule has 2 heterocycles. The first-order chi connectivity index (χ1) is 14.7. The van der Waals surface area contributed by atoms with E-state index in [-0.39, 0.29) is 22.3 Å². The molecule has 31 heavy (non-hydrogen) atoms. The molecule has 1 aliphatic heterocycles. The molecular weight excluding hydrogens is 427 g/mol. The van der Waals surface area contributed by atoms with E-state index in [1.807, 2.05) is 4.90 Å². The minimum Gasteiger partial charge on any atom is -0.370 e. The summed E-state index contributed by atoms with van der Waals surface area (Å²) in [4.78, 5) is 16.7. The molecule has 0 amide bonds. The number of nitrogens with zero attached hydrogens (tertiary/aromatic N) is 4. The molecule has 9 nitrogen and oxygen atoms in total. The third-order valence-electron chi connectivity index (χ3n) is 5.21. The van der Waals surface area contributed by atoms with Gasteiger partial charge in [-0.15, -0.1) is 0 Å². The van der Waals surface area contributed by atoms with Crippen LogP contribution in [0.3, 0.4) is 0 Å². The van der Waals surface area contributed by atoms with Gasteiger partial charge in [-0.25, -0.2) is 12.8 Å². The van der Waals surface area contributed by atoms with Crippen molar-refractivity contribution in [3.8, 4) is 11.4 Å². The Morgan fingerprint density at radius 3 is 2.65 bits per heavy atom. The average Bonchev–Trinajstić information content (AvgIpc) is 3.23. The molecule has 0 aliphatic carbocycles. The van der Waals surface area contributed by atoms with Crippen LogP contribution in [0.5, 0.6) is 0 Å². The summed E-state index contributed by atoms with van der Waals surface area (Å²) in [6, 6.07) is 9.61. The van der Waals surface area contributed by atoms with Crippen LogP contribution in [0.15, 0.2) is 51.9 Å². The molecule has 11 heteroatoms. The lowest BCUT2D eigenvalue weighted by atomic mass is 9.97. The Bertz CT molecular complexity index is 1230. The number of anilines is 1. The smallest absolute Gasteiger partial charge is 0.270 e. The zero-order chi connectivity index (χ0) is 22.2. The highest BCUT2D eigenvalue weighted by Crippen LogP contribution is 2.35. The van der Waals surface area contributed by atoms with Gasteiger partial charge in [-0.1, -0.05) is 5.16 Å². The second-order valence-electron chi connectivity index (χ2n) is 7.43. The molecule has 0 spiro atoms. The fourth-order valence-electron chi connectivity index (χ4n) is 3.69. The van der Waals surface area contributed by atoms with Crippen LogP contribution in [-0.4, -0.2) is 42.8 Å². The van der Waals surface area contributed by atoms with Crippen molar-refractivity contribution in [3.63, 3.8) is 0 Å². The molecule has 1 fully saturated rings. The van der Waals surface area contributed by atoms with E-state index in [2.05, 4.69) is 10.1 Å². The Kier molecular flexibility index (Phi) is 5.44. The first kappa shape index (κ1) is 20.9. The molecule has 0 saturated carbocycles. The third kappa shape index (κ3) is 4.41. The predicted octanol–water partition coefficient (Wildman–Crippen LogP) is 3.57. The summed E-state index contributed by atoms with van der Waals surface area (Å²) in [5.41, 5.74) is 0.758. The lowest BCUT2D eigenvalue weighted by molar-refractivity contribution is -0.385. The first-order valence-electron chi connectivity index (χ1n) is 9.55. The fraction of sp³-hybridized carbons (Fsp3) is 0.300. The summed E-state index contributed by atoms with van der Waals surface area (Å²) in [6.07, 6.45) is 2.55. The molecule has 2 aromatic carbocycles. The summed E-state index contributed by atoms with van der Waals surface area (Å²) in [5, 5.41) is 15.1. The maximum atomic E-state index is 13.1. The molecule has 1 unspecified atom stereocenters.